The van der Waals surface area contributed by atoms with Crippen LogP contribution >= 0.6 is 27.5 Å². The summed E-state index contributed by atoms with van der Waals surface area (Å²) in [6, 6.07) is 4.23. The van der Waals surface area contributed by atoms with Gasteiger partial charge < -0.3 is 9.64 Å². The first-order valence-electron chi connectivity index (χ1n) is 7.23. The lowest BCUT2D eigenvalue weighted by atomic mass is 10.0. The molecule has 0 saturated heterocycles. The molecule has 0 unspecified atom stereocenters. The molecule has 0 radical (unpaired) electrons. The fourth-order valence-electron chi connectivity index (χ4n) is 2.72. The molecular weight excluding hydrogens is 378 g/mol. The second-order valence-corrected chi connectivity index (χ2v) is 7.04. The molecular formula is C15H14BrN5OS. The Morgan fingerprint density at radius 1 is 1.35 bits per heavy atom. The molecule has 0 N–H and O–H groups in total. The summed E-state index contributed by atoms with van der Waals surface area (Å²) in [7, 11) is 1.65. The number of fused-ring (bicyclic) bond motifs is 2. The summed E-state index contributed by atoms with van der Waals surface area (Å²) >= 11 is 4.89. The van der Waals surface area contributed by atoms with Crippen molar-refractivity contribution < 1.29 is 4.74 Å². The van der Waals surface area contributed by atoms with E-state index in [1.807, 2.05) is 0 Å². The summed E-state index contributed by atoms with van der Waals surface area (Å²) in [5.41, 5.74) is 3.16. The van der Waals surface area contributed by atoms with Crippen LogP contribution in [0.5, 0.6) is 0 Å². The van der Waals surface area contributed by atoms with Crippen LogP contribution in [0.3, 0.4) is 0 Å². The minimum atomic E-state index is 0.451. The van der Waals surface area contributed by atoms with Crippen LogP contribution in [0.15, 0.2) is 22.8 Å². The third-order valence-electron chi connectivity index (χ3n) is 3.78. The van der Waals surface area contributed by atoms with Gasteiger partial charge in [0.2, 0.25) is 5.13 Å². The normalized spacial score (nSPS) is 14.3. The summed E-state index contributed by atoms with van der Waals surface area (Å²) in [4.78, 5) is 15.9. The highest BCUT2D eigenvalue weighted by atomic mass is 79.9. The van der Waals surface area contributed by atoms with Crippen LogP contribution in [-0.4, -0.2) is 33.0 Å². The largest absolute Gasteiger partial charge is 0.377 e. The molecule has 1 aliphatic heterocycles. The Morgan fingerprint density at radius 3 is 3.13 bits per heavy atom. The first-order valence-corrected chi connectivity index (χ1v) is 8.80. The van der Waals surface area contributed by atoms with Crippen LogP contribution in [0.25, 0.3) is 11.0 Å². The Balaban J connectivity index is 1.64. The van der Waals surface area contributed by atoms with E-state index in [1.54, 1.807) is 13.3 Å². The highest BCUT2D eigenvalue weighted by Gasteiger charge is 2.21. The molecule has 0 saturated carbocycles. The number of ether oxygens (including phenoxy) is 1. The van der Waals surface area contributed by atoms with Crippen molar-refractivity contribution in [3.05, 3.63) is 39.9 Å². The smallest absolute Gasteiger partial charge is 0.205 e. The number of anilines is 1. The van der Waals surface area contributed by atoms with Gasteiger partial charge in [-0.05, 0) is 33.6 Å². The average molecular weight is 392 g/mol. The van der Waals surface area contributed by atoms with Crippen LogP contribution in [0.2, 0.25) is 0 Å². The van der Waals surface area contributed by atoms with Gasteiger partial charge in [-0.3, -0.25) is 0 Å². The molecule has 6 nitrogen and oxygen atoms in total. The molecule has 3 aromatic heterocycles. The zero-order valence-corrected chi connectivity index (χ0v) is 14.9. The maximum Gasteiger partial charge on any atom is 0.205 e. The zero-order chi connectivity index (χ0) is 15.8. The molecule has 1 aliphatic rings. The van der Waals surface area contributed by atoms with Gasteiger partial charge in [-0.2, -0.15) is 4.37 Å². The first-order chi connectivity index (χ1) is 11.2. The fourth-order valence-corrected chi connectivity index (χ4v) is 3.77. The topological polar surface area (TPSA) is 64.0 Å². The predicted molar refractivity (Wildman–Crippen MR) is 92.6 cm³/mol. The lowest BCUT2D eigenvalue weighted by molar-refractivity contribution is 0.179. The molecule has 0 fully saturated rings. The fraction of sp³-hybridized carbons (Fsp3) is 0.333. The third kappa shape index (κ3) is 2.93. The van der Waals surface area contributed by atoms with E-state index in [2.05, 4.69) is 47.3 Å². The van der Waals surface area contributed by atoms with E-state index in [0.717, 1.165) is 51.7 Å². The molecule has 3 aromatic rings. The molecule has 0 amide bonds. The lowest BCUT2D eigenvalue weighted by Crippen LogP contribution is -2.31. The van der Waals surface area contributed by atoms with Crippen LogP contribution in [0, 0.1) is 0 Å². The number of rotatable bonds is 3. The second-order valence-electron chi connectivity index (χ2n) is 5.39. The Morgan fingerprint density at radius 2 is 2.26 bits per heavy atom. The van der Waals surface area contributed by atoms with E-state index >= 15 is 0 Å². The van der Waals surface area contributed by atoms with Crippen LogP contribution in [0.4, 0.5) is 5.13 Å². The number of nitrogens with zero attached hydrogens (tertiary/aromatic N) is 5. The molecule has 8 heteroatoms. The molecule has 0 atom stereocenters. The van der Waals surface area contributed by atoms with Gasteiger partial charge in [-0.1, -0.05) is 0 Å². The minimum absolute atomic E-state index is 0.451. The van der Waals surface area contributed by atoms with Crippen LogP contribution < -0.4 is 4.90 Å². The van der Waals surface area contributed by atoms with E-state index in [0.29, 0.717) is 6.61 Å². The average Bonchev–Trinajstić information content (AvgIpc) is 3.01. The number of hydrogen-bond donors (Lipinski definition) is 0. The van der Waals surface area contributed by atoms with Crippen molar-refractivity contribution >= 4 is 43.6 Å². The molecule has 4 rings (SSSR count). The molecule has 118 valence electrons. The van der Waals surface area contributed by atoms with Gasteiger partial charge in [-0.15, -0.1) is 0 Å². The Labute approximate surface area is 145 Å². The van der Waals surface area contributed by atoms with Crippen molar-refractivity contribution in [1.29, 1.82) is 0 Å². The van der Waals surface area contributed by atoms with Crippen molar-refractivity contribution in [3.63, 3.8) is 0 Å². The molecule has 0 bridgehead atoms. The van der Waals surface area contributed by atoms with Crippen molar-refractivity contribution in [3.8, 4) is 0 Å². The van der Waals surface area contributed by atoms with Crippen LogP contribution in [0.1, 0.15) is 17.1 Å². The zero-order valence-electron chi connectivity index (χ0n) is 12.5. The summed E-state index contributed by atoms with van der Waals surface area (Å²) < 4.78 is 10.4. The van der Waals surface area contributed by atoms with Crippen molar-refractivity contribution in [2.45, 2.75) is 19.6 Å². The van der Waals surface area contributed by atoms with Gasteiger partial charge >= 0.3 is 0 Å². The minimum Gasteiger partial charge on any atom is -0.377 e. The number of pyridine rings is 2. The predicted octanol–water partition coefficient (Wildman–Crippen LogP) is 2.95. The van der Waals surface area contributed by atoms with Gasteiger partial charge in [-0.25, -0.2) is 15.0 Å². The Kier molecular flexibility index (Phi) is 3.96. The lowest BCUT2D eigenvalue weighted by Gasteiger charge is -2.27. The van der Waals surface area contributed by atoms with Gasteiger partial charge in [0.15, 0.2) is 11.5 Å². The molecule has 0 spiro atoms. The highest BCUT2D eigenvalue weighted by Crippen LogP contribution is 2.27. The molecule has 0 aliphatic carbocycles. The van der Waals surface area contributed by atoms with Gasteiger partial charge in [0.1, 0.15) is 6.61 Å². The SMILES string of the molecule is COCc1nsc(N2CCc3nc4ncc(Br)cc4cc3C2)n1. The van der Waals surface area contributed by atoms with Gasteiger partial charge in [0, 0.05) is 59.9 Å². The summed E-state index contributed by atoms with van der Waals surface area (Å²) in [6.45, 7) is 2.14. The Hall–Kier alpha value is -1.64. The van der Waals surface area contributed by atoms with E-state index < -0.39 is 0 Å². The van der Waals surface area contributed by atoms with Crippen molar-refractivity contribution in [2.24, 2.45) is 0 Å². The van der Waals surface area contributed by atoms with Gasteiger partial charge in [0.05, 0.1) is 0 Å². The van der Waals surface area contributed by atoms with E-state index in [1.165, 1.54) is 17.1 Å². The van der Waals surface area contributed by atoms with Crippen LogP contribution in [-0.2, 0) is 24.3 Å². The first kappa shape index (κ1) is 14.9. The highest BCUT2D eigenvalue weighted by molar-refractivity contribution is 9.10. The van der Waals surface area contributed by atoms with E-state index in [9.17, 15) is 0 Å². The summed E-state index contributed by atoms with van der Waals surface area (Å²) in [5, 5.41) is 1.99. The quantitative estimate of drug-likeness (QED) is 0.683. The van der Waals surface area contributed by atoms with E-state index in [-0.39, 0.29) is 0 Å². The number of methoxy groups -OCH3 is 1. The maximum absolute atomic E-state index is 5.09. The number of halogens is 1. The van der Waals surface area contributed by atoms with Crippen molar-refractivity contribution in [1.82, 2.24) is 19.3 Å². The Bertz CT molecular complexity index is 868. The molecule has 0 aromatic carbocycles. The maximum atomic E-state index is 5.09. The summed E-state index contributed by atoms with van der Waals surface area (Å²) in [6.07, 6.45) is 2.68. The molecule has 23 heavy (non-hydrogen) atoms. The van der Waals surface area contributed by atoms with Crippen molar-refractivity contribution in [2.75, 3.05) is 18.6 Å². The third-order valence-corrected chi connectivity index (χ3v) is 5.03. The van der Waals surface area contributed by atoms with E-state index in [4.69, 9.17) is 9.72 Å². The number of aromatic nitrogens is 4. The number of hydrogen-bond acceptors (Lipinski definition) is 7. The standard InChI is InChI=1S/C15H14BrN5OS/c1-22-8-13-19-15(23-20-13)21-3-2-12-10(7-21)4-9-5-11(16)6-17-14(9)18-12/h4-6H,2-3,7-8H2,1H3. The molecule has 4 heterocycles. The second kappa shape index (κ2) is 6.10. The summed E-state index contributed by atoms with van der Waals surface area (Å²) in [5.74, 6) is 0.739. The monoisotopic (exact) mass is 391 g/mol. The van der Waals surface area contributed by atoms with Gasteiger partial charge in [0.25, 0.3) is 0 Å².